The van der Waals surface area contributed by atoms with Gasteiger partial charge in [0, 0.05) is 22.8 Å². The van der Waals surface area contributed by atoms with Gasteiger partial charge in [-0.2, -0.15) is 5.10 Å². The topological polar surface area (TPSA) is 60.2 Å². The molecule has 3 heterocycles. The lowest BCUT2D eigenvalue weighted by atomic mass is 10.0. The van der Waals surface area contributed by atoms with Crippen LogP contribution in [0.1, 0.15) is 26.6 Å². The van der Waals surface area contributed by atoms with Gasteiger partial charge >= 0.3 is 0 Å². The van der Waals surface area contributed by atoms with Crippen molar-refractivity contribution in [1.29, 1.82) is 0 Å². The number of nitrogens with zero attached hydrogens (tertiary/aromatic N) is 4. The normalized spacial score (nSPS) is 11.1. The number of aromatic nitrogens is 4. The van der Waals surface area contributed by atoms with Gasteiger partial charge in [-0.3, -0.25) is 4.79 Å². The number of pyridine rings is 1. The van der Waals surface area contributed by atoms with Crippen LogP contribution in [-0.2, 0) is 6.42 Å². The van der Waals surface area contributed by atoms with E-state index in [9.17, 15) is 4.79 Å². The van der Waals surface area contributed by atoms with Gasteiger partial charge in [0.05, 0.1) is 12.0 Å². The van der Waals surface area contributed by atoms with Gasteiger partial charge in [0.15, 0.2) is 11.4 Å². The fourth-order valence-corrected chi connectivity index (χ4v) is 3.60. The number of benzene rings is 1. The van der Waals surface area contributed by atoms with E-state index in [1.165, 1.54) is 23.2 Å². The molecule has 0 N–H and O–H groups in total. The molecule has 0 atom stereocenters. The van der Waals surface area contributed by atoms with E-state index in [1.807, 2.05) is 49.7 Å². The minimum absolute atomic E-state index is 0.00172. The molecule has 4 rings (SSSR count). The number of fused-ring (bicyclic) bond motifs is 1. The molecule has 0 saturated carbocycles. The first-order valence-corrected chi connectivity index (χ1v) is 8.83. The Labute approximate surface area is 149 Å². The molecule has 5 nitrogen and oxygen atoms in total. The second-order valence-electron chi connectivity index (χ2n) is 6.02. The molecule has 0 fully saturated rings. The van der Waals surface area contributed by atoms with Crippen LogP contribution in [0, 0.1) is 13.8 Å². The number of ketones is 1. The lowest BCUT2D eigenvalue weighted by Gasteiger charge is -2.07. The highest BCUT2D eigenvalue weighted by molar-refractivity contribution is 7.09. The predicted molar refractivity (Wildman–Crippen MR) is 98.0 cm³/mol. The molecule has 25 heavy (non-hydrogen) atoms. The third-order valence-electron chi connectivity index (χ3n) is 4.01. The van der Waals surface area contributed by atoms with E-state index >= 15 is 0 Å². The summed E-state index contributed by atoms with van der Waals surface area (Å²) in [7, 11) is 0. The highest BCUT2D eigenvalue weighted by atomic mass is 32.1. The quantitative estimate of drug-likeness (QED) is 0.525. The molecule has 124 valence electrons. The average molecular weight is 348 g/mol. The summed E-state index contributed by atoms with van der Waals surface area (Å²) in [5, 5.41) is 7.00. The second-order valence-corrected chi connectivity index (χ2v) is 6.97. The van der Waals surface area contributed by atoms with E-state index in [0.29, 0.717) is 11.2 Å². The molecular weight excluding hydrogens is 332 g/mol. The van der Waals surface area contributed by atoms with Crippen LogP contribution in [0.2, 0.25) is 0 Å². The van der Waals surface area contributed by atoms with E-state index in [4.69, 9.17) is 0 Å². The van der Waals surface area contributed by atoms with Crippen LogP contribution >= 0.6 is 11.3 Å². The lowest BCUT2D eigenvalue weighted by Crippen LogP contribution is -2.07. The number of rotatable bonds is 4. The Morgan fingerprint density at radius 1 is 1.20 bits per heavy atom. The van der Waals surface area contributed by atoms with E-state index < -0.39 is 0 Å². The van der Waals surface area contributed by atoms with Crippen molar-refractivity contribution < 1.29 is 4.79 Å². The van der Waals surface area contributed by atoms with Crippen LogP contribution in [0.3, 0.4) is 0 Å². The van der Waals surface area contributed by atoms with Crippen molar-refractivity contribution in [3.05, 3.63) is 70.1 Å². The van der Waals surface area contributed by atoms with Crippen molar-refractivity contribution in [3.8, 4) is 11.1 Å². The van der Waals surface area contributed by atoms with Crippen molar-refractivity contribution in [2.24, 2.45) is 0 Å². The maximum absolute atomic E-state index is 12.9. The molecule has 4 aromatic rings. The SMILES string of the molecule is Cc1cccc(-c2cc(C(=O)Cc3nc(C)cs3)c3ncnn3c2)c1. The number of hydrogen-bond acceptors (Lipinski definition) is 5. The minimum Gasteiger partial charge on any atom is -0.294 e. The molecule has 0 aliphatic carbocycles. The smallest absolute Gasteiger partial charge is 0.173 e. The third-order valence-corrected chi connectivity index (χ3v) is 4.97. The molecule has 0 amide bonds. The van der Waals surface area contributed by atoms with Gasteiger partial charge in [0.25, 0.3) is 0 Å². The first-order valence-electron chi connectivity index (χ1n) is 7.95. The summed E-state index contributed by atoms with van der Waals surface area (Å²) in [5.74, 6) is 0.00172. The summed E-state index contributed by atoms with van der Waals surface area (Å²) < 4.78 is 1.66. The van der Waals surface area contributed by atoms with Crippen LogP contribution in [0.25, 0.3) is 16.8 Å². The summed E-state index contributed by atoms with van der Waals surface area (Å²) in [6.45, 7) is 3.98. The summed E-state index contributed by atoms with van der Waals surface area (Å²) in [4.78, 5) is 21.5. The van der Waals surface area contributed by atoms with Gasteiger partial charge < -0.3 is 0 Å². The largest absolute Gasteiger partial charge is 0.294 e. The Morgan fingerprint density at radius 2 is 2.08 bits per heavy atom. The Morgan fingerprint density at radius 3 is 2.84 bits per heavy atom. The fraction of sp³-hybridized carbons (Fsp3) is 0.158. The third kappa shape index (κ3) is 3.08. The molecule has 0 radical (unpaired) electrons. The van der Waals surface area contributed by atoms with Crippen LogP contribution in [0.4, 0.5) is 0 Å². The molecule has 0 aliphatic heterocycles. The van der Waals surface area contributed by atoms with Gasteiger partial charge in [0.1, 0.15) is 11.3 Å². The highest BCUT2D eigenvalue weighted by Crippen LogP contribution is 2.24. The van der Waals surface area contributed by atoms with Gasteiger partial charge in [-0.05, 0) is 25.5 Å². The molecular formula is C19H16N4OS. The molecule has 0 spiro atoms. The fourth-order valence-electron chi connectivity index (χ4n) is 2.83. The maximum atomic E-state index is 12.9. The Bertz CT molecular complexity index is 1080. The van der Waals surface area contributed by atoms with E-state index in [1.54, 1.807) is 4.52 Å². The van der Waals surface area contributed by atoms with Crippen molar-refractivity contribution in [1.82, 2.24) is 19.6 Å². The minimum atomic E-state index is 0.00172. The zero-order valence-electron chi connectivity index (χ0n) is 13.9. The Balaban J connectivity index is 1.79. The second kappa shape index (κ2) is 6.22. The van der Waals surface area contributed by atoms with Crippen molar-refractivity contribution in [3.63, 3.8) is 0 Å². The summed E-state index contributed by atoms with van der Waals surface area (Å²) in [5.41, 5.74) is 5.26. The van der Waals surface area contributed by atoms with Crippen LogP contribution in [0.5, 0.6) is 0 Å². The van der Waals surface area contributed by atoms with Crippen molar-refractivity contribution in [2.75, 3.05) is 0 Å². The van der Waals surface area contributed by atoms with Gasteiger partial charge in [-0.25, -0.2) is 14.5 Å². The van der Waals surface area contributed by atoms with Crippen LogP contribution in [-0.4, -0.2) is 25.4 Å². The zero-order valence-corrected chi connectivity index (χ0v) is 14.7. The summed E-state index contributed by atoms with van der Waals surface area (Å²) in [6, 6.07) is 10.1. The molecule has 0 saturated heterocycles. The molecule has 0 aliphatic rings. The van der Waals surface area contributed by atoms with Crippen LogP contribution in [0.15, 0.2) is 48.2 Å². The van der Waals surface area contributed by atoms with E-state index in [-0.39, 0.29) is 12.2 Å². The monoisotopic (exact) mass is 348 g/mol. The predicted octanol–water partition coefficient (Wildman–Crippen LogP) is 3.90. The van der Waals surface area contributed by atoms with E-state index in [0.717, 1.165) is 21.8 Å². The Hall–Kier alpha value is -2.86. The van der Waals surface area contributed by atoms with Crippen molar-refractivity contribution >= 4 is 22.8 Å². The van der Waals surface area contributed by atoms with E-state index in [2.05, 4.69) is 21.1 Å². The van der Waals surface area contributed by atoms with Gasteiger partial charge in [0.2, 0.25) is 0 Å². The van der Waals surface area contributed by atoms with Gasteiger partial charge in [-0.15, -0.1) is 11.3 Å². The molecule has 3 aromatic heterocycles. The lowest BCUT2D eigenvalue weighted by molar-refractivity contribution is 0.0994. The number of aryl methyl sites for hydroxylation is 2. The standard InChI is InChI=1S/C19H16N4OS/c1-12-4-3-5-14(6-12)15-7-16(19-20-11-21-23(19)9-15)17(24)8-18-22-13(2)10-25-18/h3-7,9-11H,8H2,1-2H3. The number of carbonyl (C=O) groups excluding carboxylic acids is 1. The summed E-state index contributed by atoms with van der Waals surface area (Å²) in [6.07, 6.45) is 3.65. The zero-order chi connectivity index (χ0) is 17.4. The van der Waals surface area contributed by atoms with Gasteiger partial charge in [-0.1, -0.05) is 29.8 Å². The molecule has 0 bridgehead atoms. The average Bonchev–Trinajstić information content (AvgIpc) is 3.22. The summed E-state index contributed by atoms with van der Waals surface area (Å²) >= 11 is 1.51. The van der Waals surface area contributed by atoms with Crippen molar-refractivity contribution in [2.45, 2.75) is 20.3 Å². The maximum Gasteiger partial charge on any atom is 0.173 e. The number of carbonyl (C=O) groups is 1. The number of hydrogen-bond donors (Lipinski definition) is 0. The number of Topliss-reactive ketones (excluding diaryl/α,β-unsaturated/α-hetero) is 1. The van der Waals surface area contributed by atoms with Crippen LogP contribution < -0.4 is 0 Å². The Kier molecular flexibility index (Phi) is 3.89. The highest BCUT2D eigenvalue weighted by Gasteiger charge is 2.17. The molecule has 6 heteroatoms. The molecule has 0 unspecified atom stereocenters. The first-order chi connectivity index (χ1) is 12.1. The number of thiazole rings is 1. The first kappa shape index (κ1) is 15.7. The molecule has 1 aromatic carbocycles.